The minimum Gasteiger partial charge on any atom is -0.341 e. The molecule has 1 unspecified atom stereocenters. The number of aromatic nitrogens is 2. The van der Waals surface area contributed by atoms with Crippen LogP contribution in [-0.2, 0) is 5.41 Å². The lowest BCUT2D eigenvalue weighted by atomic mass is 9.87. The summed E-state index contributed by atoms with van der Waals surface area (Å²) in [6, 6.07) is 2.21. The van der Waals surface area contributed by atoms with Crippen LogP contribution in [0.5, 0.6) is 0 Å². The van der Waals surface area contributed by atoms with Gasteiger partial charge in [0.1, 0.15) is 5.82 Å². The maximum absolute atomic E-state index is 13.1. The fraction of sp³-hybridized carbons (Fsp3) is 0.417. The molecule has 5 heteroatoms. The SMILES string of the molecule is CCC(C)(CN)c1nc2cc(F)c(F)cc2[nH]1. The number of hydrogen-bond acceptors (Lipinski definition) is 2. The third-order valence-corrected chi connectivity index (χ3v) is 3.33. The number of hydrogen-bond donors (Lipinski definition) is 2. The van der Waals surface area contributed by atoms with E-state index >= 15 is 0 Å². The van der Waals surface area contributed by atoms with E-state index in [1.54, 1.807) is 0 Å². The van der Waals surface area contributed by atoms with Gasteiger partial charge in [-0.2, -0.15) is 0 Å². The van der Waals surface area contributed by atoms with E-state index in [-0.39, 0.29) is 5.41 Å². The number of H-pyrrole nitrogens is 1. The number of aromatic amines is 1. The summed E-state index contributed by atoms with van der Waals surface area (Å²) in [4.78, 5) is 7.29. The van der Waals surface area contributed by atoms with Gasteiger partial charge in [0.15, 0.2) is 11.6 Å². The first-order valence-electron chi connectivity index (χ1n) is 5.55. The highest BCUT2D eigenvalue weighted by Crippen LogP contribution is 2.26. The van der Waals surface area contributed by atoms with Gasteiger partial charge < -0.3 is 10.7 Å². The van der Waals surface area contributed by atoms with E-state index in [9.17, 15) is 8.78 Å². The van der Waals surface area contributed by atoms with Crippen LogP contribution in [-0.4, -0.2) is 16.5 Å². The van der Waals surface area contributed by atoms with Crippen molar-refractivity contribution in [2.24, 2.45) is 5.73 Å². The third kappa shape index (κ3) is 1.91. The van der Waals surface area contributed by atoms with Gasteiger partial charge in [0.25, 0.3) is 0 Å². The zero-order valence-electron chi connectivity index (χ0n) is 9.85. The fourth-order valence-electron chi connectivity index (χ4n) is 1.70. The minimum absolute atomic E-state index is 0.300. The van der Waals surface area contributed by atoms with Crippen LogP contribution in [0.25, 0.3) is 11.0 Å². The highest BCUT2D eigenvalue weighted by molar-refractivity contribution is 5.75. The van der Waals surface area contributed by atoms with Crippen molar-refractivity contribution in [1.82, 2.24) is 9.97 Å². The number of nitrogens with zero attached hydrogens (tertiary/aromatic N) is 1. The second-order valence-corrected chi connectivity index (χ2v) is 4.49. The molecule has 2 aromatic rings. The van der Waals surface area contributed by atoms with Crippen molar-refractivity contribution in [2.45, 2.75) is 25.7 Å². The average Bonchev–Trinajstić information content (AvgIpc) is 2.72. The molecule has 1 aromatic heterocycles. The second-order valence-electron chi connectivity index (χ2n) is 4.49. The predicted octanol–water partition coefficient (Wildman–Crippen LogP) is 2.47. The van der Waals surface area contributed by atoms with E-state index in [0.29, 0.717) is 23.4 Å². The number of fused-ring (bicyclic) bond motifs is 1. The molecule has 3 nitrogen and oxygen atoms in total. The van der Waals surface area contributed by atoms with Crippen LogP contribution in [0.2, 0.25) is 0 Å². The molecular weight excluding hydrogens is 224 g/mol. The van der Waals surface area contributed by atoms with Crippen LogP contribution in [0.4, 0.5) is 8.78 Å². The summed E-state index contributed by atoms with van der Waals surface area (Å²) in [5, 5.41) is 0. The minimum atomic E-state index is -0.888. The van der Waals surface area contributed by atoms with Gasteiger partial charge in [-0.25, -0.2) is 13.8 Å². The van der Waals surface area contributed by atoms with Crippen molar-refractivity contribution in [3.05, 3.63) is 29.6 Å². The van der Waals surface area contributed by atoms with Gasteiger partial charge in [-0.1, -0.05) is 13.8 Å². The molecule has 2 rings (SSSR count). The van der Waals surface area contributed by atoms with Crippen molar-refractivity contribution in [3.8, 4) is 0 Å². The van der Waals surface area contributed by atoms with Crippen molar-refractivity contribution in [2.75, 3.05) is 6.54 Å². The molecule has 0 saturated carbocycles. The van der Waals surface area contributed by atoms with Gasteiger partial charge in [0.2, 0.25) is 0 Å². The topological polar surface area (TPSA) is 54.7 Å². The van der Waals surface area contributed by atoms with Crippen LogP contribution >= 0.6 is 0 Å². The summed E-state index contributed by atoms with van der Waals surface area (Å²) in [5.74, 6) is -1.09. The Kier molecular flexibility index (Phi) is 2.87. The summed E-state index contributed by atoms with van der Waals surface area (Å²) in [7, 11) is 0. The Morgan fingerprint density at radius 3 is 2.59 bits per heavy atom. The van der Waals surface area contributed by atoms with Gasteiger partial charge in [-0.05, 0) is 6.42 Å². The molecule has 0 bridgehead atoms. The number of nitrogens with two attached hydrogens (primary N) is 1. The number of rotatable bonds is 3. The monoisotopic (exact) mass is 239 g/mol. The number of halogens is 2. The molecular formula is C12H15F2N3. The zero-order valence-corrected chi connectivity index (χ0v) is 9.85. The lowest BCUT2D eigenvalue weighted by molar-refractivity contribution is 0.443. The van der Waals surface area contributed by atoms with E-state index < -0.39 is 11.6 Å². The molecule has 92 valence electrons. The average molecular weight is 239 g/mol. The quantitative estimate of drug-likeness (QED) is 0.864. The standard InChI is InChI=1S/C12H15F2N3/c1-3-12(2,6-15)11-16-9-4-7(13)8(14)5-10(9)17-11/h4-5H,3,6,15H2,1-2H3,(H,16,17). The lowest BCUT2D eigenvalue weighted by Gasteiger charge is -2.23. The first kappa shape index (κ1) is 12.0. The maximum atomic E-state index is 13.1. The summed E-state index contributed by atoms with van der Waals surface area (Å²) in [6.07, 6.45) is 0.800. The normalized spacial score (nSPS) is 15.1. The molecule has 17 heavy (non-hydrogen) atoms. The largest absolute Gasteiger partial charge is 0.341 e. The molecule has 1 heterocycles. The molecule has 0 saturated heterocycles. The van der Waals surface area contributed by atoms with Crippen LogP contribution < -0.4 is 5.73 Å². The van der Waals surface area contributed by atoms with Gasteiger partial charge in [-0.3, -0.25) is 0 Å². The third-order valence-electron chi connectivity index (χ3n) is 3.33. The molecule has 0 fully saturated rings. The summed E-state index contributed by atoms with van der Waals surface area (Å²) >= 11 is 0. The van der Waals surface area contributed by atoms with Gasteiger partial charge >= 0.3 is 0 Å². The molecule has 0 aliphatic heterocycles. The summed E-state index contributed by atoms with van der Waals surface area (Å²) < 4.78 is 26.1. The number of benzene rings is 1. The Morgan fingerprint density at radius 1 is 1.35 bits per heavy atom. The zero-order chi connectivity index (χ0) is 12.6. The van der Waals surface area contributed by atoms with E-state index in [1.807, 2.05) is 13.8 Å². The first-order valence-corrected chi connectivity index (χ1v) is 5.55. The number of nitrogens with one attached hydrogen (secondary N) is 1. The summed E-state index contributed by atoms with van der Waals surface area (Å²) in [6.45, 7) is 4.40. The van der Waals surface area contributed by atoms with Crippen LogP contribution in [0.1, 0.15) is 26.1 Å². The van der Waals surface area contributed by atoms with E-state index in [0.717, 1.165) is 18.6 Å². The van der Waals surface area contributed by atoms with Crippen molar-refractivity contribution < 1.29 is 8.78 Å². The first-order chi connectivity index (χ1) is 8.00. The summed E-state index contributed by atoms with van der Waals surface area (Å²) in [5.41, 5.74) is 6.34. The van der Waals surface area contributed by atoms with Crippen LogP contribution in [0.3, 0.4) is 0 Å². The number of imidazole rings is 1. The highest BCUT2D eigenvalue weighted by atomic mass is 19.2. The Balaban J connectivity index is 2.58. The van der Waals surface area contributed by atoms with E-state index in [2.05, 4.69) is 9.97 Å². The van der Waals surface area contributed by atoms with Crippen molar-refractivity contribution in [3.63, 3.8) is 0 Å². The lowest BCUT2D eigenvalue weighted by Crippen LogP contribution is -2.32. The van der Waals surface area contributed by atoms with Gasteiger partial charge in [0, 0.05) is 24.1 Å². The molecule has 3 N–H and O–H groups in total. The Morgan fingerprint density at radius 2 is 2.00 bits per heavy atom. The Labute approximate surface area is 98.0 Å². The van der Waals surface area contributed by atoms with E-state index in [1.165, 1.54) is 0 Å². The second kappa shape index (κ2) is 4.07. The van der Waals surface area contributed by atoms with E-state index in [4.69, 9.17) is 5.73 Å². The van der Waals surface area contributed by atoms with Crippen LogP contribution in [0.15, 0.2) is 12.1 Å². The highest BCUT2D eigenvalue weighted by Gasteiger charge is 2.26. The molecule has 0 aliphatic carbocycles. The Hall–Kier alpha value is -1.49. The smallest absolute Gasteiger partial charge is 0.161 e. The molecule has 0 spiro atoms. The molecule has 1 atom stereocenters. The molecule has 0 radical (unpaired) electrons. The van der Waals surface area contributed by atoms with Crippen molar-refractivity contribution in [1.29, 1.82) is 0 Å². The van der Waals surface area contributed by atoms with Gasteiger partial charge in [0.05, 0.1) is 11.0 Å². The molecule has 0 amide bonds. The molecule has 1 aromatic carbocycles. The Bertz CT molecular complexity index is 505. The fourth-order valence-corrected chi connectivity index (χ4v) is 1.70. The maximum Gasteiger partial charge on any atom is 0.161 e. The van der Waals surface area contributed by atoms with Crippen molar-refractivity contribution >= 4 is 11.0 Å². The molecule has 0 aliphatic rings. The van der Waals surface area contributed by atoms with Crippen LogP contribution in [0, 0.1) is 11.6 Å². The predicted molar refractivity (Wildman–Crippen MR) is 62.7 cm³/mol. The van der Waals surface area contributed by atoms with Gasteiger partial charge in [-0.15, -0.1) is 0 Å².